The molecule has 0 radical (unpaired) electrons. The van der Waals surface area contributed by atoms with Gasteiger partial charge in [0.15, 0.2) is 0 Å². The van der Waals surface area contributed by atoms with Gasteiger partial charge in [0.05, 0.1) is 5.52 Å². The molecule has 0 spiro atoms. The molecule has 1 aromatic heterocycles. The number of amides is 1. The average molecular weight is 292 g/mol. The lowest BCUT2D eigenvalue weighted by molar-refractivity contribution is -0.119. The first kappa shape index (κ1) is 13.0. The van der Waals surface area contributed by atoms with Crippen LogP contribution in [0.5, 0.6) is 0 Å². The Morgan fingerprint density at radius 1 is 1.23 bits per heavy atom. The Labute approximate surface area is 128 Å². The molecule has 0 saturated carbocycles. The maximum Gasteiger partial charge on any atom is 0.248 e. The monoisotopic (exact) mass is 292 g/mol. The minimum absolute atomic E-state index is 0.0539. The van der Waals surface area contributed by atoms with E-state index in [-0.39, 0.29) is 12.5 Å². The Morgan fingerprint density at radius 3 is 3.00 bits per heavy atom. The first-order valence-electron chi connectivity index (χ1n) is 7.40. The molecule has 4 rings (SSSR count). The van der Waals surface area contributed by atoms with Crippen molar-refractivity contribution in [3.63, 3.8) is 0 Å². The van der Waals surface area contributed by atoms with Gasteiger partial charge in [-0.1, -0.05) is 35.0 Å². The Morgan fingerprint density at radius 2 is 2.09 bits per heavy atom. The van der Waals surface area contributed by atoms with Gasteiger partial charge >= 0.3 is 0 Å². The van der Waals surface area contributed by atoms with Crippen LogP contribution in [0, 0.1) is 6.92 Å². The van der Waals surface area contributed by atoms with Crippen LogP contribution < -0.4 is 4.90 Å². The highest BCUT2D eigenvalue weighted by atomic mass is 16.2. The molecule has 110 valence electrons. The molecule has 5 heteroatoms. The summed E-state index contributed by atoms with van der Waals surface area (Å²) < 4.78 is 1.67. The highest BCUT2D eigenvalue weighted by molar-refractivity contribution is 5.95. The van der Waals surface area contributed by atoms with E-state index in [4.69, 9.17) is 0 Å². The van der Waals surface area contributed by atoms with Crippen molar-refractivity contribution in [3.8, 4) is 0 Å². The van der Waals surface area contributed by atoms with Crippen molar-refractivity contribution < 1.29 is 4.79 Å². The Hall–Kier alpha value is -2.69. The van der Waals surface area contributed by atoms with Gasteiger partial charge in [-0.3, -0.25) is 4.79 Å². The zero-order valence-electron chi connectivity index (χ0n) is 12.4. The normalized spacial score (nSPS) is 13.6. The van der Waals surface area contributed by atoms with Crippen molar-refractivity contribution in [1.29, 1.82) is 0 Å². The predicted octanol–water partition coefficient (Wildman–Crippen LogP) is 2.33. The Kier molecular flexibility index (Phi) is 2.92. The molecule has 0 bridgehead atoms. The molecule has 0 N–H and O–H groups in total. The third-order valence-corrected chi connectivity index (χ3v) is 4.14. The van der Waals surface area contributed by atoms with E-state index in [1.54, 1.807) is 4.68 Å². The first-order valence-corrected chi connectivity index (χ1v) is 7.40. The molecule has 5 nitrogen and oxygen atoms in total. The average Bonchev–Trinajstić information content (AvgIpc) is 3.11. The summed E-state index contributed by atoms with van der Waals surface area (Å²) in [5.41, 5.74) is 5.21. The van der Waals surface area contributed by atoms with Crippen molar-refractivity contribution in [2.45, 2.75) is 19.9 Å². The molecule has 1 amide bonds. The number of aromatic nitrogens is 3. The number of benzene rings is 2. The first-order chi connectivity index (χ1) is 10.7. The predicted molar refractivity (Wildman–Crippen MR) is 84.8 cm³/mol. The van der Waals surface area contributed by atoms with Gasteiger partial charge in [0.1, 0.15) is 12.1 Å². The SMILES string of the molecule is Cc1ccc2c(c1)CCN2C(=O)Cn1nnc2ccccc21. The number of carbonyl (C=O) groups excluding carboxylic acids is 1. The number of aryl methyl sites for hydroxylation is 1. The molecule has 0 aliphatic carbocycles. The fourth-order valence-corrected chi connectivity index (χ4v) is 3.04. The minimum Gasteiger partial charge on any atom is -0.310 e. The summed E-state index contributed by atoms with van der Waals surface area (Å²) in [7, 11) is 0. The van der Waals surface area contributed by atoms with Gasteiger partial charge in [-0.25, -0.2) is 4.68 Å². The number of fused-ring (bicyclic) bond motifs is 2. The van der Waals surface area contributed by atoms with Crippen LogP contribution in [-0.4, -0.2) is 27.4 Å². The number of nitrogens with zero attached hydrogens (tertiary/aromatic N) is 4. The van der Waals surface area contributed by atoms with E-state index < -0.39 is 0 Å². The molecule has 2 aromatic carbocycles. The number of hydrogen-bond donors (Lipinski definition) is 0. The van der Waals surface area contributed by atoms with Crippen LogP contribution in [-0.2, 0) is 17.8 Å². The summed E-state index contributed by atoms with van der Waals surface area (Å²) >= 11 is 0. The summed E-state index contributed by atoms with van der Waals surface area (Å²) in [6.07, 6.45) is 0.918. The lowest BCUT2D eigenvalue weighted by atomic mass is 10.1. The summed E-state index contributed by atoms with van der Waals surface area (Å²) in [6.45, 7) is 3.03. The van der Waals surface area contributed by atoms with E-state index in [1.807, 2.05) is 35.2 Å². The maximum absolute atomic E-state index is 12.6. The third kappa shape index (κ3) is 2.06. The zero-order valence-corrected chi connectivity index (χ0v) is 12.4. The standard InChI is InChI=1S/C17H16N4O/c1-12-6-7-15-13(10-12)8-9-20(15)17(22)11-21-16-5-3-2-4-14(16)18-19-21/h2-7,10H,8-9,11H2,1H3. The summed E-state index contributed by atoms with van der Waals surface area (Å²) in [5.74, 6) is 0.0539. The number of anilines is 1. The number of para-hydroxylation sites is 1. The van der Waals surface area contributed by atoms with Gasteiger partial charge in [-0.05, 0) is 37.1 Å². The largest absolute Gasteiger partial charge is 0.310 e. The van der Waals surface area contributed by atoms with Gasteiger partial charge in [-0.15, -0.1) is 5.10 Å². The molecule has 1 aliphatic rings. The smallest absolute Gasteiger partial charge is 0.248 e. The summed E-state index contributed by atoms with van der Waals surface area (Å²) in [4.78, 5) is 14.5. The van der Waals surface area contributed by atoms with E-state index in [1.165, 1.54) is 11.1 Å². The molecule has 0 fully saturated rings. The molecule has 1 aliphatic heterocycles. The van der Waals surface area contributed by atoms with Crippen molar-refractivity contribution in [1.82, 2.24) is 15.0 Å². The zero-order chi connectivity index (χ0) is 15.1. The van der Waals surface area contributed by atoms with Gasteiger partial charge in [-0.2, -0.15) is 0 Å². The highest BCUT2D eigenvalue weighted by Crippen LogP contribution is 2.29. The van der Waals surface area contributed by atoms with Crippen molar-refractivity contribution in [2.75, 3.05) is 11.4 Å². The maximum atomic E-state index is 12.6. The van der Waals surface area contributed by atoms with Gasteiger partial charge in [0.2, 0.25) is 5.91 Å². The Bertz CT molecular complexity index is 868. The second-order valence-corrected chi connectivity index (χ2v) is 5.66. The molecule has 3 aromatic rings. The van der Waals surface area contributed by atoms with Gasteiger partial charge in [0.25, 0.3) is 0 Å². The molecule has 22 heavy (non-hydrogen) atoms. The van der Waals surface area contributed by atoms with Crippen LogP contribution in [0.2, 0.25) is 0 Å². The van der Waals surface area contributed by atoms with Gasteiger partial charge in [0, 0.05) is 12.2 Å². The van der Waals surface area contributed by atoms with Crippen LogP contribution in [0.3, 0.4) is 0 Å². The quantitative estimate of drug-likeness (QED) is 0.728. The van der Waals surface area contributed by atoms with E-state index in [0.717, 1.165) is 29.7 Å². The summed E-state index contributed by atoms with van der Waals surface area (Å²) in [6, 6.07) is 13.9. The van der Waals surface area contributed by atoms with E-state index in [0.29, 0.717) is 0 Å². The molecule has 0 atom stereocenters. The van der Waals surface area contributed by atoms with Gasteiger partial charge < -0.3 is 4.90 Å². The van der Waals surface area contributed by atoms with E-state index >= 15 is 0 Å². The second kappa shape index (κ2) is 4.94. The molecule has 0 unspecified atom stereocenters. The van der Waals surface area contributed by atoms with Crippen molar-refractivity contribution in [3.05, 3.63) is 53.6 Å². The molecular formula is C17H16N4O. The van der Waals surface area contributed by atoms with Crippen molar-refractivity contribution >= 4 is 22.6 Å². The third-order valence-electron chi connectivity index (χ3n) is 4.14. The van der Waals surface area contributed by atoms with Crippen LogP contribution in [0.15, 0.2) is 42.5 Å². The fraction of sp³-hybridized carbons (Fsp3) is 0.235. The molecule has 2 heterocycles. The number of hydrogen-bond acceptors (Lipinski definition) is 3. The minimum atomic E-state index is 0.0539. The topological polar surface area (TPSA) is 51.0 Å². The van der Waals surface area contributed by atoms with Crippen LogP contribution >= 0.6 is 0 Å². The van der Waals surface area contributed by atoms with Crippen LogP contribution in [0.25, 0.3) is 11.0 Å². The number of rotatable bonds is 2. The van der Waals surface area contributed by atoms with E-state index in [9.17, 15) is 4.79 Å². The van der Waals surface area contributed by atoms with Crippen LogP contribution in [0.4, 0.5) is 5.69 Å². The van der Waals surface area contributed by atoms with Crippen LogP contribution in [0.1, 0.15) is 11.1 Å². The molecular weight excluding hydrogens is 276 g/mol. The Balaban J connectivity index is 1.62. The van der Waals surface area contributed by atoms with E-state index in [2.05, 4.69) is 29.4 Å². The highest BCUT2D eigenvalue weighted by Gasteiger charge is 2.25. The number of carbonyl (C=O) groups is 1. The fourth-order valence-electron chi connectivity index (χ4n) is 3.04. The van der Waals surface area contributed by atoms with Crippen molar-refractivity contribution in [2.24, 2.45) is 0 Å². The lowest BCUT2D eigenvalue weighted by Gasteiger charge is -2.17. The lowest BCUT2D eigenvalue weighted by Crippen LogP contribution is -2.32. The molecule has 0 saturated heterocycles. The summed E-state index contributed by atoms with van der Waals surface area (Å²) in [5, 5.41) is 8.19. The second-order valence-electron chi connectivity index (χ2n) is 5.66.